The van der Waals surface area contributed by atoms with Crippen LogP contribution >= 0.6 is 15.9 Å². The van der Waals surface area contributed by atoms with Gasteiger partial charge in [-0.05, 0) is 51.8 Å². The third-order valence-electron chi connectivity index (χ3n) is 2.61. The molecular formula is C14H12BrFN2O2. The van der Waals surface area contributed by atoms with Crippen molar-refractivity contribution in [2.24, 2.45) is 5.84 Å². The van der Waals surface area contributed by atoms with Gasteiger partial charge in [0, 0.05) is 5.56 Å². The molecule has 2 rings (SSSR count). The van der Waals surface area contributed by atoms with E-state index >= 15 is 0 Å². The zero-order chi connectivity index (χ0) is 14.5. The number of ether oxygens (including phenoxy) is 1. The predicted molar refractivity (Wildman–Crippen MR) is 76.5 cm³/mol. The number of carbonyl (C=O) groups excluding carboxylic acids is 1. The summed E-state index contributed by atoms with van der Waals surface area (Å²) in [5, 5.41) is 0. The lowest BCUT2D eigenvalue weighted by atomic mass is 10.2. The summed E-state index contributed by atoms with van der Waals surface area (Å²) in [6.45, 7) is 0.235. The lowest BCUT2D eigenvalue weighted by Crippen LogP contribution is -2.29. The summed E-state index contributed by atoms with van der Waals surface area (Å²) in [4.78, 5) is 11.4. The van der Waals surface area contributed by atoms with Gasteiger partial charge in [0.2, 0.25) is 0 Å². The van der Waals surface area contributed by atoms with Crippen molar-refractivity contribution in [3.8, 4) is 5.75 Å². The van der Waals surface area contributed by atoms with Crippen molar-refractivity contribution in [3.63, 3.8) is 0 Å². The predicted octanol–water partition coefficient (Wildman–Crippen LogP) is 2.77. The van der Waals surface area contributed by atoms with Crippen LogP contribution in [0.3, 0.4) is 0 Å². The van der Waals surface area contributed by atoms with E-state index in [1.807, 2.05) is 5.43 Å². The first-order valence-corrected chi connectivity index (χ1v) is 6.57. The zero-order valence-electron chi connectivity index (χ0n) is 10.4. The van der Waals surface area contributed by atoms with Crippen molar-refractivity contribution in [2.45, 2.75) is 6.61 Å². The van der Waals surface area contributed by atoms with Gasteiger partial charge in [-0.1, -0.05) is 12.1 Å². The summed E-state index contributed by atoms with van der Waals surface area (Å²) < 4.78 is 19.2. The molecule has 0 aliphatic heterocycles. The van der Waals surface area contributed by atoms with Gasteiger partial charge in [0.1, 0.15) is 18.2 Å². The van der Waals surface area contributed by atoms with E-state index in [-0.39, 0.29) is 18.3 Å². The second kappa shape index (κ2) is 6.49. The number of hydrogen-bond donors (Lipinski definition) is 2. The number of hydrazine groups is 1. The van der Waals surface area contributed by atoms with Crippen LogP contribution in [0.2, 0.25) is 0 Å². The Morgan fingerprint density at radius 1 is 1.30 bits per heavy atom. The molecule has 0 heterocycles. The van der Waals surface area contributed by atoms with E-state index in [2.05, 4.69) is 15.9 Å². The molecule has 0 fully saturated rings. The van der Waals surface area contributed by atoms with Crippen LogP contribution in [0, 0.1) is 5.82 Å². The normalized spacial score (nSPS) is 10.2. The topological polar surface area (TPSA) is 64.3 Å². The molecule has 0 spiro atoms. The first kappa shape index (κ1) is 14.5. The van der Waals surface area contributed by atoms with Gasteiger partial charge in [0.05, 0.1) is 4.47 Å². The largest absolute Gasteiger partial charge is 0.488 e. The fraction of sp³-hybridized carbons (Fsp3) is 0.0714. The van der Waals surface area contributed by atoms with Gasteiger partial charge in [-0.2, -0.15) is 0 Å². The van der Waals surface area contributed by atoms with Gasteiger partial charge in [-0.3, -0.25) is 10.2 Å². The number of halogens is 2. The number of nitrogens with two attached hydrogens (primary N) is 1. The number of hydrogen-bond acceptors (Lipinski definition) is 3. The van der Waals surface area contributed by atoms with Crippen molar-refractivity contribution < 1.29 is 13.9 Å². The van der Waals surface area contributed by atoms with Crippen LogP contribution in [-0.2, 0) is 6.61 Å². The van der Waals surface area contributed by atoms with E-state index in [0.717, 1.165) is 5.56 Å². The SMILES string of the molecule is NNC(=O)c1ccc(OCc2cccc(F)c2)c(Br)c1. The number of amides is 1. The molecule has 2 aromatic carbocycles. The van der Waals surface area contributed by atoms with Crippen LogP contribution in [0.1, 0.15) is 15.9 Å². The van der Waals surface area contributed by atoms with E-state index in [1.54, 1.807) is 30.3 Å². The van der Waals surface area contributed by atoms with Crippen LogP contribution in [0.25, 0.3) is 0 Å². The molecule has 0 aliphatic rings. The van der Waals surface area contributed by atoms with Crippen molar-refractivity contribution in [1.29, 1.82) is 0 Å². The zero-order valence-corrected chi connectivity index (χ0v) is 12.0. The molecule has 4 nitrogen and oxygen atoms in total. The average Bonchev–Trinajstić information content (AvgIpc) is 2.45. The van der Waals surface area contributed by atoms with Crippen molar-refractivity contribution in [1.82, 2.24) is 5.43 Å². The highest BCUT2D eigenvalue weighted by molar-refractivity contribution is 9.10. The molecule has 0 atom stereocenters. The van der Waals surface area contributed by atoms with E-state index in [0.29, 0.717) is 15.8 Å². The Hall–Kier alpha value is -1.92. The van der Waals surface area contributed by atoms with Crippen LogP contribution < -0.4 is 16.0 Å². The molecule has 1 amide bonds. The third kappa shape index (κ3) is 3.55. The van der Waals surface area contributed by atoms with Crippen LogP contribution in [0.5, 0.6) is 5.75 Å². The van der Waals surface area contributed by atoms with Gasteiger partial charge in [-0.15, -0.1) is 0 Å². The Kier molecular flexibility index (Phi) is 4.70. The van der Waals surface area contributed by atoms with Gasteiger partial charge in [0.15, 0.2) is 0 Å². The molecule has 0 aromatic heterocycles. The summed E-state index contributed by atoms with van der Waals surface area (Å²) in [5.41, 5.74) is 3.19. The summed E-state index contributed by atoms with van der Waals surface area (Å²) in [5.74, 6) is 4.93. The number of carbonyl (C=O) groups is 1. The Labute approximate surface area is 123 Å². The molecule has 0 saturated heterocycles. The van der Waals surface area contributed by atoms with Gasteiger partial charge in [0.25, 0.3) is 5.91 Å². The number of nitrogens with one attached hydrogen (secondary N) is 1. The fourth-order valence-corrected chi connectivity index (χ4v) is 2.12. The highest BCUT2D eigenvalue weighted by Crippen LogP contribution is 2.26. The van der Waals surface area contributed by atoms with Crippen molar-refractivity contribution >= 4 is 21.8 Å². The molecule has 2 aromatic rings. The number of rotatable bonds is 4. The summed E-state index contributed by atoms with van der Waals surface area (Å²) >= 11 is 3.31. The molecule has 0 bridgehead atoms. The minimum absolute atomic E-state index is 0.235. The van der Waals surface area contributed by atoms with Crippen LogP contribution in [-0.4, -0.2) is 5.91 Å². The Morgan fingerprint density at radius 2 is 2.10 bits per heavy atom. The van der Waals surface area contributed by atoms with E-state index in [4.69, 9.17) is 10.6 Å². The highest BCUT2D eigenvalue weighted by Gasteiger charge is 2.08. The minimum Gasteiger partial charge on any atom is -0.488 e. The molecule has 0 saturated carbocycles. The Morgan fingerprint density at radius 3 is 2.75 bits per heavy atom. The smallest absolute Gasteiger partial charge is 0.265 e. The Bertz CT molecular complexity index is 634. The maximum absolute atomic E-state index is 13.0. The van der Waals surface area contributed by atoms with Gasteiger partial charge < -0.3 is 4.74 Å². The molecule has 104 valence electrons. The maximum atomic E-state index is 13.0. The van der Waals surface area contributed by atoms with Gasteiger partial charge >= 0.3 is 0 Å². The second-order valence-corrected chi connectivity index (χ2v) is 4.89. The van der Waals surface area contributed by atoms with Crippen molar-refractivity contribution in [2.75, 3.05) is 0 Å². The van der Waals surface area contributed by atoms with Gasteiger partial charge in [-0.25, -0.2) is 10.2 Å². The summed E-state index contributed by atoms with van der Waals surface area (Å²) in [7, 11) is 0. The third-order valence-corrected chi connectivity index (χ3v) is 3.23. The van der Waals surface area contributed by atoms with Crippen LogP contribution in [0.15, 0.2) is 46.9 Å². The van der Waals surface area contributed by atoms with Crippen LogP contribution in [0.4, 0.5) is 4.39 Å². The standard InChI is InChI=1S/C14H12BrFN2O2/c15-12-7-10(14(19)18-17)4-5-13(12)20-8-9-2-1-3-11(16)6-9/h1-7H,8,17H2,(H,18,19). The fourth-order valence-electron chi connectivity index (χ4n) is 1.63. The average molecular weight is 339 g/mol. The first-order valence-electron chi connectivity index (χ1n) is 5.78. The molecule has 6 heteroatoms. The second-order valence-electron chi connectivity index (χ2n) is 4.04. The van der Waals surface area contributed by atoms with Crippen molar-refractivity contribution in [3.05, 3.63) is 63.9 Å². The van der Waals surface area contributed by atoms with E-state index in [1.165, 1.54) is 12.1 Å². The molecule has 0 unspecified atom stereocenters. The highest BCUT2D eigenvalue weighted by atomic mass is 79.9. The lowest BCUT2D eigenvalue weighted by Gasteiger charge is -2.09. The molecule has 3 N–H and O–H groups in total. The summed E-state index contributed by atoms with van der Waals surface area (Å²) in [6.07, 6.45) is 0. The maximum Gasteiger partial charge on any atom is 0.265 e. The Balaban J connectivity index is 2.08. The van der Waals surface area contributed by atoms with E-state index < -0.39 is 0 Å². The molecular weight excluding hydrogens is 327 g/mol. The minimum atomic E-state index is -0.387. The number of nitrogen functional groups attached to an aromatic ring is 1. The number of benzene rings is 2. The molecule has 0 radical (unpaired) electrons. The summed E-state index contributed by atoms with van der Waals surface area (Å²) in [6, 6.07) is 11.0. The monoisotopic (exact) mass is 338 g/mol. The molecule has 0 aliphatic carbocycles. The quantitative estimate of drug-likeness (QED) is 0.511. The lowest BCUT2D eigenvalue weighted by molar-refractivity contribution is 0.0953. The van der Waals surface area contributed by atoms with E-state index in [9.17, 15) is 9.18 Å². The molecule has 20 heavy (non-hydrogen) atoms. The first-order chi connectivity index (χ1) is 9.60.